The van der Waals surface area contributed by atoms with E-state index in [1.807, 2.05) is 6.92 Å². The van der Waals surface area contributed by atoms with E-state index in [4.69, 9.17) is 14.1 Å². The Balaban J connectivity index is 1.70. The van der Waals surface area contributed by atoms with Crippen LogP contribution in [0.3, 0.4) is 0 Å². The normalized spacial score (nSPS) is 28.9. The van der Waals surface area contributed by atoms with Gasteiger partial charge < -0.3 is 9.47 Å². The lowest BCUT2D eigenvalue weighted by Gasteiger charge is -2.47. The highest BCUT2D eigenvalue weighted by atomic mass is 32.2. The molecule has 136 valence electrons. The third kappa shape index (κ3) is 2.57. The van der Waals surface area contributed by atoms with E-state index in [1.165, 1.54) is 0 Å². The largest absolute Gasteiger partial charge is 0.384 e. The molecule has 2 heterocycles. The number of ether oxygens (including phenoxy) is 2. The van der Waals surface area contributed by atoms with Crippen LogP contribution in [0.25, 0.3) is 11.0 Å². The first-order valence-electron chi connectivity index (χ1n) is 8.29. The van der Waals surface area contributed by atoms with Gasteiger partial charge >= 0.3 is 0 Å². The van der Waals surface area contributed by atoms with Crippen LogP contribution in [0.5, 0.6) is 0 Å². The highest BCUT2D eigenvalue weighted by Crippen LogP contribution is 2.44. The van der Waals surface area contributed by atoms with Gasteiger partial charge in [0.15, 0.2) is 5.52 Å². The number of sulfonamides is 1. The smallest absolute Gasteiger partial charge is 0.243 e. The van der Waals surface area contributed by atoms with Crippen LogP contribution in [0.15, 0.2) is 15.6 Å². The van der Waals surface area contributed by atoms with Crippen molar-refractivity contribution in [1.82, 2.24) is 15.0 Å². The van der Waals surface area contributed by atoms with Crippen LogP contribution in [0, 0.1) is 25.7 Å². The topological polar surface area (TPSA) is 104 Å². The van der Waals surface area contributed by atoms with Crippen molar-refractivity contribution in [3.63, 3.8) is 0 Å². The molecule has 9 heteroatoms. The number of aryl methyl sites for hydroxylation is 2. The van der Waals surface area contributed by atoms with Crippen LogP contribution in [0.4, 0.5) is 0 Å². The number of benzene rings is 1. The quantitative estimate of drug-likeness (QED) is 0.846. The minimum atomic E-state index is -3.78. The maximum absolute atomic E-state index is 13.1. The molecule has 1 aliphatic heterocycles. The zero-order valence-electron chi connectivity index (χ0n) is 14.4. The second kappa shape index (κ2) is 6.01. The Bertz CT molecular complexity index is 910. The number of hydrogen-bond acceptors (Lipinski definition) is 7. The molecule has 0 unspecified atom stereocenters. The predicted molar refractivity (Wildman–Crippen MR) is 88.6 cm³/mol. The van der Waals surface area contributed by atoms with Crippen molar-refractivity contribution in [3.05, 3.63) is 17.2 Å². The number of fused-ring (bicyclic) bond motifs is 2. The van der Waals surface area contributed by atoms with E-state index >= 15 is 0 Å². The van der Waals surface area contributed by atoms with Gasteiger partial charge in [0, 0.05) is 31.6 Å². The fourth-order valence-corrected chi connectivity index (χ4v) is 5.91. The SMILES string of the molecule is COC[C@@H]1[C@@H](NS(=O)(=O)c2c(C)cc(C)c3nonc23)[C@@H]2CCO[C@H]12. The summed E-state index contributed by atoms with van der Waals surface area (Å²) < 4.78 is 44.8. The van der Waals surface area contributed by atoms with Crippen LogP contribution >= 0.6 is 0 Å². The van der Waals surface area contributed by atoms with E-state index < -0.39 is 10.0 Å². The van der Waals surface area contributed by atoms with Crippen LogP contribution in [0.1, 0.15) is 17.5 Å². The van der Waals surface area contributed by atoms with Crippen molar-refractivity contribution in [2.45, 2.75) is 37.3 Å². The summed E-state index contributed by atoms with van der Waals surface area (Å²) in [5.41, 5.74) is 2.19. The van der Waals surface area contributed by atoms with Gasteiger partial charge in [-0.1, -0.05) is 6.07 Å². The van der Waals surface area contributed by atoms with Crippen molar-refractivity contribution in [2.24, 2.45) is 11.8 Å². The van der Waals surface area contributed by atoms with Gasteiger partial charge in [-0.3, -0.25) is 0 Å². The zero-order chi connectivity index (χ0) is 17.8. The number of aromatic nitrogens is 2. The molecule has 0 amide bonds. The van der Waals surface area contributed by atoms with E-state index in [-0.39, 0.29) is 34.4 Å². The number of nitrogens with zero attached hydrogens (tertiary/aromatic N) is 2. The summed E-state index contributed by atoms with van der Waals surface area (Å²) in [5.74, 6) is 0.204. The predicted octanol–water partition coefficient (Wildman–Crippen LogP) is 1.17. The monoisotopic (exact) mass is 367 g/mol. The molecule has 0 radical (unpaired) electrons. The molecule has 2 aromatic rings. The summed E-state index contributed by atoms with van der Waals surface area (Å²) in [5, 5.41) is 7.65. The van der Waals surface area contributed by atoms with Crippen LogP contribution in [0.2, 0.25) is 0 Å². The van der Waals surface area contributed by atoms with Gasteiger partial charge in [0.25, 0.3) is 0 Å². The molecule has 1 aromatic carbocycles. The zero-order valence-corrected chi connectivity index (χ0v) is 15.2. The van der Waals surface area contributed by atoms with Crippen molar-refractivity contribution in [1.29, 1.82) is 0 Å². The lowest BCUT2D eigenvalue weighted by Crippen LogP contribution is -2.62. The molecule has 1 aliphatic carbocycles. The Morgan fingerprint density at radius 1 is 1.28 bits per heavy atom. The Morgan fingerprint density at radius 2 is 2.04 bits per heavy atom. The lowest BCUT2D eigenvalue weighted by molar-refractivity contribution is -0.0775. The maximum Gasteiger partial charge on any atom is 0.243 e. The second-order valence-corrected chi connectivity index (χ2v) is 8.51. The fourth-order valence-electron chi connectivity index (χ4n) is 4.21. The molecule has 25 heavy (non-hydrogen) atoms. The average molecular weight is 367 g/mol. The third-order valence-corrected chi connectivity index (χ3v) is 6.95. The van der Waals surface area contributed by atoms with E-state index in [2.05, 4.69) is 15.0 Å². The molecule has 1 N–H and O–H groups in total. The van der Waals surface area contributed by atoms with Gasteiger partial charge in [-0.05, 0) is 41.7 Å². The minimum absolute atomic E-state index is 0.0176. The Hall–Kier alpha value is -1.55. The highest BCUT2D eigenvalue weighted by molar-refractivity contribution is 7.89. The first-order chi connectivity index (χ1) is 11.9. The molecular formula is C16H21N3O5S. The number of rotatable bonds is 5. The van der Waals surface area contributed by atoms with Gasteiger partial charge in [-0.25, -0.2) is 17.8 Å². The summed E-state index contributed by atoms with van der Waals surface area (Å²) in [4.78, 5) is 0.132. The molecule has 1 saturated heterocycles. The molecular weight excluding hydrogens is 346 g/mol. The number of methoxy groups -OCH3 is 1. The van der Waals surface area contributed by atoms with Crippen LogP contribution in [-0.2, 0) is 19.5 Å². The third-order valence-electron chi connectivity index (χ3n) is 5.32. The van der Waals surface area contributed by atoms with Gasteiger partial charge in [0.05, 0.1) is 12.7 Å². The van der Waals surface area contributed by atoms with E-state index in [9.17, 15) is 8.42 Å². The number of hydrogen-bond donors (Lipinski definition) is 1. The van der Waals surface area contributed by atoms with Crippen molar-refractivity contribution < 1.29 is 22.5 Å². The second-order valence-electron chi connectivity index (χ2n) is 6.86. The summed E-state index contributed by atoms with van der Waals surface area (Å²) in [6.45, 7) is 4.73. The van der Waals surface area contributed by atoms with Crippen molar-refractivity contribution in [2.75, 3.05) is 20.3 Å². The molecule has 0 spiro atoms. The average Bonchev–Trinajstić information content (AvgIpc) is 3.17. The lowest BCUT2D eigenvalue weighted by atomic mass is 9.68. The van der Waals surface area contributed by atoms with Crippen molar-refractivity contribution in [3.8, 4) is 0 Å². The molecule has 4 rings (SSSR count). The summed E-state index contributed by atoms with van der Waals surface area (Å²) in [6.07, 6.45) is 0.923. The van der Waals surface area contributed by atoms with Crippen LogP contribution < -0.4 is 4.72 Å². The van der Waals surface area contributed by atoms with Crippen molar-refractivity contribution >= 4 is 21.1 Å². The molecule has 0 bridgehead atoms. The van der Waals surface area contributed by atoms with Gasteiger partial charge in [0.1, 0.15) is 10.4 Å². The Labute approximate surface area is 145 Å². The Kier molecular flexibility index (Phi) is 4.06. The summed E-state index contributed by atoms with van der Waals surface area (Å²) >= 11 is 0. The first-order valence-corrected chi connectivity index (χ1v) is 9.77. The fraction of sp³-hybridized carbons (Fsp3) is 0.625. The molecule has 1 aromatic heterocycles. The Morgan fingerprint density at radius 3 is 2.80 bits per heavy atom. The van der Waals surface area contributed by atoms with Gasteiger partial charge in [-0.2, -0.15) is 0 Å². The van der Waals surface area contributed by atoms with Gasteiger partial charge in [-0.15, -0.1) is 0 Å². The van der Waals surface area contributed by atoms with Crippen LogP contribution in [-0.4, -0.2) is 51.2 Å². The van der Waals surface area contributed by atoms with E-state index in [0.29, 0.717) is 24.3 Å². The van der Waals surface area contributed by atoms with Gasteiger partial charge in [0.2, 0.25) is 10.0 Å². The summed E-state index contributed by atoms with van der Waals surface area (Å²) in [7, 11) is -2.16. The van der Waals surface area contributed by atoms with E-state index in [1.54, 1.807) is 20.1 Å². The first kappa shape index (κ1) is 16.9. The molecule has 4 atom stereocenters. The number of nitrogens with one attached hydrogen (secondary N) is 1. The maximum atomic E-state index is 13.1. The standard InChI is InChI=1S/C16H21N3O5S/c1-8-6-9(2)16(14-12(8)17-24-18-14)25(20,21)19-13-10-4-5-23-15(10)11(13)7-22-3/h6,10-11,13,15,19H,4-5,7H2,1-3H3/t10-,11+,13-,15-/m0/s1. The highest BCUT2D eigenvalue weighted by Gasteiger charge is 2.55. The summed E-state index contributed by atoms with van der Waals surface area (Å²) in [6, 6.07) is 1.59. The molecule has 2 aliphatic rings. The minimum Gasteiger partial charge on any atom is -0.384 e. The molecule has 1 saturated carbocycles. The van der Waals surface area contributed by atoms with E-state index in [0.717, 1.165) is 12.0 Å². The molecule has 2 fully saturated rings. The molecule has 8 nitrogen and oxygen atoms in total.